The van der Waals surface area contributed by atoms with Gasteiger partial charge in [-0.15, -0.1) is 0 Å². The Morgan fingerprint density at radius 1 is 1.62 bits per heavy atom. The smallest absolute Gasteiger partial charge is 0.222 e. The Labute approximate surface area is 103 Å². The molecule has 0 radical (unpaired) electrons. The Morgan fingerprint density at radius 2 is 2.31 bits per heavy atom. The van der Waals surface area contributed by atoms with Crippen molar-refractivity contribution in [3.63, 3.8) is 0 Å². The summed E-state index contributed by atoms with van der Waals surface area (Å²) < 4.78 is 0.837. The monoisotopic (exact) mass is 286 g/mol. The van der Waals surface area contributed by atoms with Crippen molar-refractivity contribution in [1.82, 2.24) is 9.97 Å². The Hall–Kier alpha value is -0.880. The summed E-state index contributed by atoms with van der Waals surface area (Å²) in [7, 11) is 1.97. The second-order valence-electron chi connectivity index (χ2n) is 4.27. The Kier molecular flexibility index (Phi) is 3.30. The quantitative estimate of drug-likeness (QED) is 0.868. The molecule has 3 N–H and O–H groups in total. The van der Waals surface area contributed by atoms with E-state index in [-0.39, 0.29) is 12.1 Å². The lowest BCUT2D eigenvalue weighted by molar-refractivity contribution is 0.0464. The van der Waals surface area contributed by atoms with Crippen LogP contribution >= 0.6 is 15.9 Å². The average Bonchev–Trinajstić information content (AvgIpc) is 2.19. The normalized spacial score (nSPS) is 23.9. The van der Waals surface area contributed by atoms with Crippen LogP contribution in [0.3, 0.4) is 0 Å². The fourth-order valence-electron chi connectivity index (χ4n) is 1.96. The predicted molar refractivity (Wildman–Crippen MR) is 66.1 cm³/mol. The van der Waals surface area contributed by atoms with E-state index in [2.05, 4.69) is 25.9 Å². The van der Waals surface area contributed by atoms with Crippen molar-refractivity contribution in [2.75, 3.05) is 24.2 Å². The second kappa shape index (κ2) is 4.55. The number of nitrogens with zero attached hydrogens (tertiary/aromatic N) is 3. The molecule has 16 heavy (non-hydrogen) atoms. The predicted octanol–water partition coefficient (Wildman–Crippen LogP) is 1.03. The first-order valence-corrected chi connectivity index (χ1v) is 6.02. The molecule has 1 aromatic rings. The van der Waals surface area contributed by atoms with Crippen LogP contribution in [-0.4, -0.2) is 34.8 Å². The molecule has 1 saturated carbocycles. The number of hydrogen-bond acceptors (Lipinski definition) is 5. The summed E-state index contributed by atoms with van der Waals surface area (Å²) in [6, 6.07) is 0. The summed E-state index contributed by atoms with van der Waals surface area (Å²) in [4.78, 5) is 10.1. The van der Waals surface area contributed by atoms with Crippen molar-refractivity contribution in [3.8, 4) is 0 Å². The van der Waals surface area contributed by atoms with E-state index in [1.807, 2.05) is 11.9 Å². The van der Waals surface area contributed by atoms with Crippen LogP contribution in [0.2, 0.25) is 0 Å². The number of nitrogens with two attached hydrogens (primary N) is 1. The standard InChI is InChI=1S/C10H15BrN4O/c1-15(5-6-2-7(16)3-6)9-8(11)4-13-10(12)14-9/h4,6-7,16H,2-3,5H2,1H3,(H2,12,13,14). The molecule has 0 saturated heterocycles. The van der Waals surface area contributed by atoms with E-state index in [1.165, 1.54) is 0 Å². The number of nitrogen functional groups attached to an aromatic ring is 1. The molecule has 1 aliphatic carbocycles. The molecule has 1 aliphatic rings. The van der Waals surface area contributed by atoms with E-state index >= 15 is 0 Å². The third kappa shape index (κ3) is 2.44. The van der Waals surface area contributed by atoms with Gasteiger partial charge >= 0.3 is 0 Å². The first kappa shape index (κ1) is 11.6. The van der Waals surface area contributed by atoms with Crippen molar-refractivity contribution in [2.45, 2.75) is 18.9 Å². The largest absolute Gasteiger partial charge is 0.393 e. The Morgan fingerprint density at radius 3 is 2.94 bits per heavy atom. The third-order valence-electron chi connectivity index (χ3n) is 2.85. The maximum absolute atomic E-state index is 9.23. The minimum Gasteiger partial charge on any atom is -0.393 e. The van der Waals surface area contributed by atoms with Crippen LogP contribution in [0, 0.1) is 5.92 Å². The van der Waals surface area contributed by atoms with Gasteiger partial charge in [0.25, 0.3) is 0 Å². The highest BCUT2D eigenvalue weighted by Gasteiger charge is 2.28. The SMILES string of the molecule is CN(CC1CC(O)C1)c1nc(N)ncc1Br. The fourth-order valence-corrected chi connectivity index (χ4v) is 2.46. The van der Waals surface area contributed by atoms with Gasteiger partial charge in [0.1, 0.15) is 5.82 Å². The van der Waals surface area contributed by atoms with E-state index in [1.54, 1.807) is 6.20 Å². The molecule has 0 bridgehead atoms. The maximum atomic E-state index is 9.23. The second-order valence-corrected chi connectivity index (χ2v) is 5.13. The van der Waals surface area contributed by atoms with E-state index in [4.69, 9.17) is 5.73 Å². The van der Waals surface area contributed by atoms with Crippen LogP contribution in [0.25, 0.3) is 0 Å². The average molecular weight is 287 g/mol. The molecule has 1 aromatic heterocycles. The lowest BCUT2D eigenvalue weighted by Gasteiger charge is -2.35. The molecular weight excluding hydrogens is 272 g/mol. The van der Waals surface area contributed by atoms with Crippen molar-refractivity contribution in [3.05, 3.63) is 10.7 Å². The number of rotatable bonds is 3. The molecule has 2 rings (SSSR count). The number of aromatic nitrogens is 2. The van der Waals surface area contributed by atoms with E-state index in [0.717, 1.165) is 29.7 Å². The number of hydrogen-bond donors (Lipinski definition) is 2. The van der Waals surface area contributed by atoms with E-state index < -0.39 is 0 Å². The summed E-state index contributed by atoms with van der Waals surface area (Å²) >= 11 is 3.40. The molecule has 0 aliphatic heterocycles. The minimum atomic E-state index is -0.114. The number of aliphatic hydroxyl groups is 1. The minimum absolute atomic E-state index is 0.114. The van der Waals surface area contributed by atoms with Crippen LogP contribution in [0.15, 0.2) is 10.7 Å². The van der Waals surface area contributed by atoms with Gasteiger partial charge in [0.2, 0.25) is 5.95 Å². The fraction of sp³-hybridized carbons (Fsp3) is 0.600. The van der Waals surface area contributed by atoms with Crippen LogP contribution in [0.5, 0.6) is 0 Å². The summed E-state index contributed by atoms with van der Waals surface area (Å²) in [5.41, 5.74) is 5.55. The third-order valence-corrected chi connectivity index (χ3v) is 3.41. The number of anilines is 2. The molecule has 88 valence electrons. The van der Waals surface area contributed by atoms with Crippen molar-refractivity contribution in [2.24, 2.45) is 5.92 Å². The van der Waals surface area contributed by atoms with Crippen LogP contribution < -0.4 is 10.6 Å². The van der Waals surface area contributed by atoms with E-state index in [9.17, 15) is 5.11 Å². The van der Waals surface area contributed by atoms with Gasteiger partial charge in [-0.25, -0.2) is 4.98 Å². The zero-order valence-corrected chi connectivity index (χ0v) is 10.7. The first-order chi connectivity index (χ1) is 7.56. The lowest BCUT2D eigenvalue weighted by Crippen LogP contribution is -2.37. The molecule has 1 fully saturated rings. The van der Waals surface area contributed by atoms with Gasteiger partial charge in [-0.2, -0.15) is 4.98 Å². The number of halogens is 1. The van der Waals surface area contributed by atoms with Gasteiger partial charge in [0.15, 0.2) is 0 Å². The van der Waals surface area contributed by atoms with Gasteiger partial charge in [-0.1, -0.05) is 0 Å². The molecule has 6 heteroatoms. The lowest BCUT2D eigenvalue weighted by atomic mass is 9.82. The maximum Gasteiger partial charge on any atom is 0.222 e. The topological polar surface area (TPSA) is 75.3 Å². The molecule has 5 nitrogen and oxygen atoms in total. The van der Waals surface area contributed by atoms with Crippen molar-refractivity contribution >= 4 is 27.7 Å². The zero-order chi connectivity index (χ0) is 11.7. The van der Waals surface area contributed by atoms with Crippen molar-refractivity contribution < 1.29 is 5.11 Å². The van der Waals surface area contributed by atoms with Crippen LogP contribution in [0.4, 0.5) is 11.8 Å². The Bertz CT molecular complexity index is 381. The molecular formula is C10H15BrN4O. The summed E-state index contributed by atoms with van der Waals surface area (Å²) in [5.74, 6) is 1.62. The van der Waals surface area contributed by atoms with Crippen LogP contribution in [-0.2, 0) is 0 Å². The van der Waals surface area contributed by atoms with Gasteiger partial charge in [-0.3, -0.25) is 0 Å². The highest BCUT2D eigenvalue weighted by Crippen LogP contribution is 2.30. The summed E-state index contributed by atoms with van der Waals surface area (Å²) in [5, 5.41) is 9.23. The molecule has 0 amide bonds. The number of aliphatic hydroxyl groups excluding tert-OH is 1. The molecule has 0 unspecified atom stereocenters. The van der Waals surface area contributed by atoms with Gasteiger partial charge in [0, 0.05) is 19.8 Å². The Balaban J connectivity index is 2.02. The van der Waals surface area contributed by atoms with Crippen molar-refractivity contribution in [1.29, 1.82) is 0 Å². The highest BCUT2D eigenvalue weighted by molar-refractivity contribution is 9.10. The summed E-state index contributed by atoms with van der Waals surface area (Å²) in [6.07, 6.45) is 3.30. The molecule has 0 aromatic carbocycles. The van der Waals surface area contributed by atoms with Gasteiger partial charge < -0.3 is 15.7 Å². The van der Waals surface area contributed by atoms with E-state index in [0.29, 0.717) is 5.92 Å². The van der Waals surface area contributed by atoms with Gasteiger partial charge in [-0.05, 0) is 34.7 Å². The molecule has 0 spiro atoms. The summed E-state index contributed by atoms with van der Waals surface area (Å²) in [6.45, 7) is 0.881. The highest BCUT2D eigenvalue weighted by atomic mass is 79.9. The van der Waals surface area contributed by atoms with Crippen LogP contribution in [0.1, 0.15) is 12.8 Å². The van der Waals surface area contributed by atoms with Gasteiger partial charge in [0.05, 0.1) is 10.6 Å². The first-order valence-electron chi connectivity index (χ1n) is 5.23. The zero-order valence-electron chi connectivity index (χ0n) is 9.10. The molecule has 1 heterocycles. The molecule has 0 atom stereocenters.